The van der Waals surface area contributed by atoms with Gasteiger partial charge in [0.1, 0.15) is 0 Å². The fourth-order valence-electron chi connectivity index (χ4n) is 1.98. The summed E-state index contributed by atoms with van der Waals surface area (Å²) in [6.45, 7) is 6.49. The van der Waals surface area contributed by atoms with E-state index in [9.17, 15) is 4.79 Å². The largest absolute Gasteiger partial charge is 0.323 e. The van der Waals surface area contributed by atoms with Crippen LogP contribution in [0, 0.1) is 0 Å². The Bertz CT molecular complexity index is 664. The Hall–Kier alpha value is -2.06. The summed E-state index contributed by atoms with van der Waals surface area (Å²) in [5, 5.41) is 3.53. The highest BCUT2D eigenvalue weighted by Crippen LogP contribution is 2.23. The maximum Gasteiger partial charge on any atom is 0.248 e. The van der Waals surface area contributed by atoms with Crippen LogP contribution < -0.4 is 5.32 Å². The van der Waals surface area contributed by atoms with Gasteiger partial charge in [-0.15, -0.1) is 0 Å². The van der Waals surface area contributed by atoms with Gasteiger partial charge in [-0.3, -0.25) is 4.79 Å². The SMILES string of the molecule is CC(C)(C)c1ccc(NC(=O)/C=C\c2ccc(Cl)cc2)cc1. The molecule has 2 rings (SSSR count). The van der Waals surface area contributed by atoms with E-state index in [2.05, 4.69) is 26.1 Å². The number of carbonyl (C=O) groups excluding carboxylic acids is 1. The van der Waals surface area contributed by atoms with Crippen molar-refractivity contribution >= 4 is 29.3 Å². The Morgan fingerprint density at radius 3 is 2.14 bits per heavy atom. The molecule has 3 heteroatoms. The molecule has 0 unspecified atom stereocenters. The fourth-order valence-corrected chi connectivity index (χ4v) is 2.11. The lowest BCUT2D eigenvalue weighted by atomic mass is 9.87. The molecule has 0 fully saturated rings. The molecule has 0 aliphatic heterocycles. The van der Waals surface area contributed by atoms with Crippen LogP contribution in [0.2, 0.25) is 5.02 Å². The van der Waals surface area contributed by atoms with E-state index < -0.39 is 0 Å². The first kappa shape index (κ1) is 16.3. The number of hydrogen-bond acceptors (Lipinski definition) is 1. The van der Waals surface area contributed by atoms with Gasteiger partial charge in [0.05, 0.1) is 0 Å². The van der Waals surface area contributed by atoms with Crippen LogP contribution in [0.5, 0.6) is 0 Å². The summed E-state index contributed by atoms with van der Waals surface area (Å²) in [6.07, 6.45) is 3.27. The van der Waals surface area contributed by atoms with Gasteiger partial charge in [0.15, 0.2) is 0 Å². The first-order valence-electron chi connectivity index (χ1n) is 7.20. The average molecular weight is 314 g/mol. The number of carbonyl (C=O) groups is 1. The van der Waals surface area contributed by atoms with Crippen molar-refractivity contribution in [3.8, 4) is 0 Å². The van der Waals surface area contributed by atoms with E-state index in [1.165, 1.54) is 11.6 Å². The van der Waals surface area contributed by atoms with Crippen molar-refractivity contribution in [2.75, 3.05) is 5.32 Å². The summed E-state index contributed by atoms with van der Waals surface area (Å²) in [7, 11) is 0. The summed E-state index contributed by atoms with van der Waals surface area (Å²) in [5.41, 5.74) is 3.07. The number of amides is 1. The maximum atomic E-state index is 11.9. The number of hydrogen-bond donors (Lipinski definition) is 1. The van der Waals surface area contributed by atoms with Gasteiger partial charge in [-0.05, 0) is 46.9 Å². The Labute approximate surface area is 136 Å². The fraction of sp³-hybridized carbons (Fsp3) is 0.211. The molecule has 0 saturated heterocycles. The van der Waals surface area contributed by atoms with Crippen LogP contribution in [0.1, 0.15) is 31.9 Å². The van der Waals surface area contributed by atoms with E-state index in [-0.39, 0.29) is 11.3 Å². The van der Waals surface area contributed by atoms with Crippen LogP contribution >= 0.6 is 11.6 Å². The third-order valence-electron chi connectivity index (χ3n) is 3.32. The lowest BCUT2D eigenvalue weighted by Crippen LogP contribution is -2.12. The molecule has 0 radical (unpaired) electrons. The molecule has 2 aromatic rings. The highest BCUT2D eigenvalue weighted by molar-refractivity contribution is 6.30. The van der Waals surface area contributed by atoms with Crippen molar-refractivity contribution < 1.29 is 4.79 Å². The van der Waals surface area contributed by atoms with Crippen molar-refractivity contribution in [1.82, 2.24) is 0 Å². The van der Waals surface area contributed by atoms with E-state index in [1.807, 2.05) is 36.4 Å². The minimum absolute atomic E-state index is 0.108. The number of nitrogens with one attached hydrogen (secondary N) is 1. The standard InChI is InChI=1S/C19H20ClNO/c1-19(2,3)15-7-11-17(12-8-15)21-18(22)13-6-14-4-9-16(20)10-5-14/h4-13H,1-3H3,(H,21,22)/b13-6-. The number of benzene rings is 2. The first-order valence-corrected chi connectivity index (χ1v) is 7.57. The van der Waals surface area contributed by atoms with Crippen LogP contribution in [-0.4, -0.2) is 5.91 Å². The van der Waals surface area contributed by atoms with Gasteiger partial charge in [0.2, 0.25) is 5.91 Å². The van der Waals surface area contributed by atoms with Crippen LogP contribution in [0.15, 0.2) is 54.6 Å². The summed E-state index contributed by atoms with van der Waals surface area (Å²) in [6, 6.07) is 15.3. The Balaban J connectivity index is 1.98. The van der Waals surface area contributed by atoms with Crippen molar-refractivity contribution in [2.45, 2.75) is 26.2 Å². The molecule has 0 bridgehead atoms. The molecule has 0 aliphatic rings. The molecule has 2 nitrogen and oxygen atoms in total. The van der Waals surface area contributed by atoms with Gasteiger partial charge in [-0.2, -0.15) is 0 Å². The monoisotopic (exact) mass is 313 g/mol. The second-order valence-electron chi connectivity index (χ2n) is 6.20. The van der Waals surface area contributed by atoms with Crippen molar-refractivity contribution in [3.05, 3.63) is 70.8 Å². The van der Waals surface area contributed by atoms with Crippen molar-refractivity contribution in [2.24, 2.45) is 0 Å². The molecule has 0 aromatic heterocycles. The predicted octanol–water partition coefficient (Wildman–Crippen LogP) is 5.29. The molecule has 0 atom stereocenters. The molecule has 22 heavy (non-hydrogen) atoms. The summed E-state index contributed by atoms with van der Waals surface area (Å²) in [5.74, 6) is -0.154. The zero-order chi connectivity index (χ0) is 16.2. The predicted molar refractivity (Wildman–Crippen MR) is 94.3 cm³/mol. The van der Waals surface area contributed by atoms with Gasteiger partial charge < -0.3 is 5.32 Å². The molecular weight excluding hydrogens is 294 g/mol. The topological polar surface area (TPSA) is 29.1 Å². The molecule has 114 valence electrons. The molecule has 2 aromatic carbocycles. The van der Waals surface area contributed by atoms with Gasteiger partial charge in [-0.1, -0.05) is 56.6 Å². The quantitative estimate of drug-likeness (QED) is 0.766. The third kappa shape index (κ3) is 4.74. The summed E-state index contributed by atoms with van der Waals surface area (Å²) in [4.78, 5) is 11.9. The molecule has 0 heterocycles. The van der Waals surface area contributed by atoms with Gasteiger partial charge in [0, 0.05) is 16.8 Å². The zero-order valence-corrected chi connectivity index (χ0v) is 13.8. The molecule has 0 aliphatic carbocycles. The number of halogens is 1. The minimum Gasteiger partial charge on any atom is -0.323 e. The van der Waals surface area contributed by atoms with E-state index >= 15 is 0 Å². The maximum absolute atomic E-state index is 11.9. The van der Waals surface area contributed by atoms with Gasteiger partial charge in [-0.25, -0.2) is 0 Å². The van der Waals surface area contributed by atoms with Crippen LogP contribution in [-0.2, 0) is 10.2 Å². The second kappa shape index (κ2) is 6.80. The molecular formula is C19H20ClNO. The Morgan fingerprint density at radius 2 is 1.59 bits per heavy atom. The highest BCUT2D eigenvalue weighted by atomic mass is 35.5. The van der Waals surface area contributed by atoms with Gasteiger partial charge >= 0.3 is 0 Å². The van der Waals surface area contributed by atoms with E-state index in [1.54, 1.807) is 18.2 Å². The smallest absolute Gasteiger partial charge is 0.248 e. The highest BCUT2D eigenvalue weighted by Gasteiger charge is 2.12. The first-order chi connectivity index (χ1) is 10.3. The molecule has 1 N–H and O–H groups in total. The van der Waals surface area contributed by atoms with Crippen LogP contribution in [0.25, 0.3) is 6.08 Å². The number of rotatable bonds is 3. The lowest BCUT2D eigenvalue weighted by Gasteiger charge is -2.19. The minimum atomic E-state index is -0.154. The average Bonchev–Trinajstić information content (AvgIpc) is 2.46. The summed E-state index contributed by atoms with van der Waals surface area (Å²) >= 11 is 5.82. The Kier molecular flexibility index (Phi) is 5.04. The molecule has 1 amide bonds. The summed E-state index contributed by atoms with van der Waals surface area (Å²) < 4.78 is 0. The van der Waals surface area contributed by atoms with Crippen LogP contribution in [0.4, 0.5) is 5.69 Å². The number of anilines is 1. The zero-order valence-electron chi connectivity index (χ0n) is 13.1. The molecule has 0 saturated carbocycles. The van der Waals surface area contributed by atoms with E-state index in [0.717, 1.165) is 11.3 Å². The lowest BCUT2D eigenvalue weighted by molar-refractivity contribution is -0.111. The van der Waals surface area contributed by atoms with Crippen molar-refractivity contribution in [1.29, 1.82) is 0 Å². The van der Waals surface area contributed by atoms with Crippen LogP contribution in [0.3, 0.4) is 0 Å². The molecule has 0 spiro atoms. The Morgan fingerprint density at radius 1 is 1.00 bits per heavy atom. The second-order valence-corrected chi connectivity index (χ2v) is 6.64. The van der Waals surface area contributed by atoms with Gasteiger partial charge in [0.25, 0.3) is 0 Å². The normalized spacial score (nSPS) is 11.6. The third-order valence-corrected chi connectivity index (χ3v) is 3.57. The van der Waals surface area contributed by atoms with E-state index in [0.29, 0.717) is 5.02 Å². The van der Waals surface area contributed by atoms with E-state index in [4.69, 9.17) is 11.6 Å². The van der Waals surface area contributed by atoms with Crippen molar-refractivity contribution in [3.63, 3.8) is 0 Å².